The summed E-state index contributed by atoms with van der Waals surface area (Å²) in [5, 5.41) is 4.19. The number of nitrogens with zero attached hydrogens (tertiary/aromatic N) is 1. The van der Waals surface area contributed by atoms with Crippen molar-refractivity contribution in [3.63, 3.8) is 0 Å². The lowest BCUT2D eigenvalue weighted by molar-refractivity contribution is -0.171. The lowest BCUT2D eigenvalue weighted by Crippen LogP contribution is -2.46. The van der Waals surface area contributed by atoms with Crippen LogP contribution < -0.4 is 0 Å². The normalized spacial score (nSPS) is 29.2. The van der Waals surface area contributed by atoms with Gasteiger partial charge in [0.15, 0.2) is 0 Å². The van der Waals surface area contributed by atoms with Crippen LogP contribution in [0.15, 0.2) is 5.16 Å². The van der Waals surface area contributed by atoms with Crippen molar-refractivity contribution >= 4 is 11.7 Å². The Balaban J connectivity index is 2.13. The summed E-state index contributed by atoms with van der Waals surface area (Å²) >= 11 is 0. The molecular formula is C15H21NO3. The second kappa shape index (κ2) is 4.88. The summed E-state index contributed by atoms with van der Waals surface area (Å²) in [7, 11) is 0. The van der Waals surface area contributed by atoms with Crippen LogP contribution in [0.5, 0.6) is 0 Å². The van der Waals surface area contributed by atoms with E-state index < -0.39 is 5.60 Å². The maximum Gasteiger partial charge on any atom is 0.354 e. The number of carbonyl (C=O) groups is 1. The van der Waals surface area contributed by atoms with Crippen LogP contribution in [0.1, 0.15) is 46.5 Å². The van der Waals surface area contributed by atoms with Gasteiger partial charge in [0, 0.05) is 18.3 Å². The fourth-order valence-electron chi connectivity index (χ4n) is 2.90. The van der Waals surface area contributed by atoms with Gasteiger partial charge in [-0.1, -0.05) is 25.9 Å². The highest BCUT2D eigenvalue weighted by molar-refractivity contribution is 5.99. The third-order valence-electron chi connectivity index (χ3n) is 3.83. The molecule has 0 saturated heterocycles. The van der Waals surface area contributed by atoms with Crippen molar-refractivity contribution in [1.29, 1.82) is 0 Å². The number of oxime groups is 1. The SMILES string of the molecule is C#CCCOC(=O)C12CCCC1C(C(C)(C)C)=NO2. The van der Waals surface area contributed by atoms with Crippen molar-refractivity contribution in [2.75, 3.05) is 6.61 Å². The van der Waals surface area contributed by atoms with Gasteiger partial charge in [0.1, 0.15) is 6.61 Å². The minimum atomic E-state index is -0.892. The highest BCUT2D eigenvalue weighted by atomic mass is 16.7. The molecule has 0 radical (unpaired) electrons. The van der Waals surface area contributed by atoms with E-state index >= 15 is 0 Å². The summed E-state index contributed by atoms with van der Waals surface area (Å²) in [5.41, 5.74) is -0.00790. The first-order valence-corrected chi connectivity index (χ1v) is 6.79. The molecule has 0 spiro atoms. The average molecular weight is 263 g/mol. The van der Waals surface area contributed by atoms with Gasteiger partial charge in [-0.25, -0.2) is 4.79 Å². The molecule has 1 saturated carbocycles. The van der Waals surface area contributed by atoms with Crippen molar-refractivity contribution in [2.24, 2.45) is 16.5 Å². The van der Waals surface area contributed by atoms with Gasteiger partial charge in [-0.05, 0) is 12.8 Å². The van der Waals surface area contributed by atoms with E-state index in [9.17, 15) is 4.79 Å². The predicted octanol–water partition coefficient (Wildman–Crippen LogP) is 2.52. The van der Waals surface area contributed by atoms with E-state index in [1.807, 2.05) is 0 Å². The zero-order valence-corrected chi connectivity index (χ0v) is 11.9. The van der Waals surface area contributed by atoms with E-state index in [4.69, 9.17) is 16.0 Å². The Labute approximate surface area is 114 Å². The highest BCUT2D eigenvalue weighted by Crippen LogP contribution is 2.48. The zero-order chi connectivity index (χ0) is 14.1. The molecule has 4 heteroatoms. The fourth-order valence-corrected chi connectivity index (χ4v) is 2.90. The first kappa shape index (κ1) is 13.9. The molecule has 4 nitrogen and oxygen atoms in total. The van der Waals surface area contributed by atoms with Crippen LogP contribution in [0.3, 0.4) is 0 Å². The van der Waals surface area contributed by atoms with Crippen LogP contribution in [-0.4, -0.2) is 23.9 Å². The van der Waals surface area contributed by atoms with Gasteiger partial charge >= 0.3 is 5.97 Å². The maximum absolute atomic E-state index is 12.3. The number of terminal acetylenes is 1. The van der Waals surface area contributed by atoms with Gasteiger partial charge in [0.05, 0.1) is 11.6 Å². The van der Waals surface area contributed by atoms with Crippen molar-refractivity contribution in [2.45, 2.75) is 52.1 Å². The van der Waals surface area contributed by atoms with E-state index in [-0.39, 0.29) is 23.9 Å². The molecule has 1 aliphatic carbocycles. The number of hydrogen-bond donors (Lipinski definition) is 0. The molecule has 1 heterocycles. The lowest BCUT2D eigenvalue weighted by atomic mass is 9.76. The smallest absolute Gasteiger partial charge is 0.354 e. The number of esters is 1. The van der Waals surface area contributed by atoms with Crippen molar-refractivity contribution < 1.29 is 14.4 Å². The Bertz CT molecular complexity index is 441. The molecule has 0 bridgehead atoms. The Hall–Kier alpha value is -1.50. The van der Waals surface area contributed by atoms with Crippen LogP contribution in [-0.2, 0) is 14.4 Å². The minimum Gasteiger partial charge on any atom is -0.462 e. The Kier molecular flexibility index (Phi) is 3.58. The van der Waals surface area contributed by atoms with Crippen molar-refractivity contribution in [1.82, 2.24) is 0 Å². The topological polar surface area (TPSA) is 47.9 Å². The maximum atomic E-state index is 12.3. The van der Waals surface area contributed by atoms with Crippen LogP contribution in [0.4, 0.5) is 0 Å². The van der Waals surface area contributed by atoms with E-state index in [1.54, 1.807) is 0 Å². The van der Waals surface area contributed by atoms with E-state index in [0.717, 1.165) is 18.6 Å². The molecule has 1 aliphatic heterocycles. The summed E-state index contributed by atoms with van der Waals surface area (Å²) in [6.45, 7) is 6.52. The summed E-state index contributed by atoms with van der Waals surface area (Å²) in [5.74, 6) is 2.19. The second-order valence-electron chi connectivity index (χ2n) is 6.24. The molecule has 1 fully saturated rings. The Morgan fingerprint density at radius 2 is 2.37 bits per heavy atom. The van der Waals surface area contributed by atoms with E-state index in [1.165, 1.54) is 0 Å². The molecule has 104 valence electrons. The molecule has 2 atom stereocenters. The van der Waals surface area contributed by atoms with Gasteiger partial charge in [-0.3, -0.25) is 0 Å². The summed E-state index contributed by atoms with van der Waals surface area (Å²) in [6.07, 6.45) is 8.16. The molecule has 2 unspecified atom stereocenters. The summed E-state index contributed by atoms with van der Waals surface area (Å²) in [4.78, 5) is 17.9. The third kappa shape index (κ3) is 2.34. The van der Waals surface area contributed by atoms with E-state index in [0.29, 0.717) is 12.8 Å². The monoisotopic (exact) mass is 263 g/mol. The molecule has 2 aliphatic rings. The predicted molar refractivity (Wildman–Crippen MR) is 72.5 cm³/mol. The Morgan fingerprint density at radius 1 is 1.63 bits per heavy atom. The van der Waals surface area contributed by atoms with Crippen LogP contribution >= 0.6 is 0 Å². The summed E-state index contributed by atoms with van der Waals surface area (Å²) < 4.78 is 5.25. The van der Waals surface area contributed by atoms with Crippen LogP contribution in [0.25, 0.3) is 0 Å². The molecule has 19 heavy (non-hydrogen) atoms. The molecule has 0 amide bonds. The van der Waals surface area contributed by atoms with Gasteiger partial charge in [-0.15, -0.1) is 12.3 Å². The second-order valence-corrected chi connectivity index (χ2v) is 6.24. The highest BCUT2D eigenvalue weighted by Gasteiger charge is 2.60. The van der Waals surface area contributed by atoms with Gasteiger partial charge in [0.2, 0.25) is 5.60 Å². The van der Waals surface area contributed by atoms with Crippen molar-refractivity contribution in [3.8, 4) is 12.3 Å². The Morgan fingerprint density at radius 3 is 3.00 bits per heavy atom. The molecule has 2 rings (SSSR count). The fraction of sp³-hybridized carbons (Fsp3) is 0.733. The number of fused-ring (bicyclic) bond motifs is 1. The molecule has 0 N–H and O–H groups in total. The molecular weight excluding hydrogens is 242 g/mol. The minimum absolute atomic E-state index is 0.0471. The largest absolute Gasteiger partial charge is 0.462 e. The lowest BCUT2D eigenvalue weighted by Gasteiger charge is -2.27. The number of hydrogen-bond acceptors (Lipinski definition) is 4. The molecule has 0 aromatic carbocycles. The van der Waals surface area contributed by atoms with Crippen LogP contribution in [0.2, 0.25) is 0 Å². The quantitative estimate of drug-likeness (QED) is 0.446. The standard InChI is InChI=1S/C15H21NO3/c1-5-6-10-18-13(17)15-9-7-8-11(15)12(16-19-15)14(2,3)4/h1,11H,6-10H2,2-4H3. The van der Waals surface area contributed by atoms with E-state index in [2.05, 4.69) is 31.8 Å². The molecule has 0 aromatic rings. The van der Waals surface area contributed by atoms with Crippen molar-refractivity contribution in [3.05, 3.63) is 0 Å². The summed E-state index contributed by atoms with van der Waals surface area (Å²) in [6, 6.07) is 0. The van der Waals surface area contributed by atoms with Crippen LogP contribution in [0, 0.1) is 23.7 Å². The van der Waals surface area contributed by atoms with Gasteiger partial charge in [0.25, 0.3) is 0 Å². The first-order valence-electron chi connectivity index (χ1n) is 6.79. The van der Waals surface area contributed by atoms with Gasteiger partial charge < -0.3 is 9.57 Å². The average Bonchev–Trinajstić information content (AvgIpc) is 2.85. The molecule has 0 aromatic heterocycles. The number of carbonyl (C=O) groups excluding carboxylic acids is 1. The third-order valence-corrected chi connectivity index (χ3v) is 3.83. The zero-order valence-electron chi connectivity index (χ0n) is 11.9. The number of rotatable bonds is 3. The van der Waals surface area contributed by atoms with Gasteiger partial charge in [-0.2, -0.15) is 0 Å². The first-order chi connectivity index (χ1) is 8.92. The number of ether oxygens (including phenoxy) is 1.